The Balaban J connectivity index is 2.20. The van der Waals surface area contributed by atoms with Gasteiger partial charge in [-0.25, -0.2) is 9.97 Å². The molecule has 0 amide bonds. The summed E-state index contributed by atoms with van der Waals surface area (Å²) in [5.74, 6) is 1.20. The molecule has 21 heavy (non-hydrogen) atoms. The number of piperidine rings is 1. The van der Waals surface area contributed by atoms with Gasteiger partial charge in [-0.3, -0.25) is 10.1 Å². The van der Waals surface area contributed by atoms with Gasteiger partial charge in [0.25, 0.3) is 0 Å². The Morgan fingerprint density at radius 2 is 2.19 bits per heavy atom. The highest BCUT2D eigenvalue weighted by Gasteiger charge is 2.29. The van der Waals surface area contributed by atoms with Gasteiger partial charge >= 0.3 is 5.69 Å². The molecule has 0 unspecified atom stereocenters. The van der Waals surface area contributed by atoms with Gasteiger partial charge in [-0.2, -0.15) is 0 Å². The average molecular weight is 295 g/mol. The number of methoxy groups -OCH3 is 1. The summed E-state index contributed by atoms with van der Waals surface area (Å²) in [5.41, 5.74) is -0.0375. The average Bonchev–Trinajstić information content (AvgIpc) is 2.48. The monoisotopic (exact) mass is 295 g/mol. The Morgan fingerprint density at radius 3 is 2.76 bits per heavy atom. The van der Waals surface area contributed by atoms with Crippen molar-refractivity contribution in [2.24, 2.45) is 5.92 Å². The zero-order valence-electron chi connectivity index (χ0n) is 12.4. The second-order valence-electron chi connectivity index (χ2n) is 5.07. The lowest BCUT2D eigenvalue weighted by Crippen LogP contribution is -2.36. The molecular weight excluding hydrogens is 274 g/mol. The first-order valence-corrected chi connectivity index (χ1v) is 7.14. The van der Waals surface area contributed by atoms with Crippen molar-refractivity contribution in [3.63, 3.8) is 0 Å². The first-order valence-electron chi connectivity index (χ1n) is 7.14. The maximum atomic E-state index is 11.4. The van der Waals surface area contributed by atoms with Crippen LogP contribution >= 0.6 is 0 Å². The summed E-state index contributed by atoms with van der Waals surface area (Å²) < 4.78 is 5.17. The summed E-state index contributed by atoms with van der Waals surface area (Å²) in [4.78, 5) is 21.0. The SMILES string of the molecule is CCNc1ncnc(N2CCC(COC)CC2)c1[N+](=O)[O-]. The Morgan fingerprint density at radius 1 is 1.48 bits per heavy atom. The fourth-order valence-corrected chi connectivity index (χ4v) is 2.61. The van der Waals surface area contributed by atoms with Crippen molar-refractivity contribution in [2.45, 2.75) is 19.8 Å². The van der Waals surface area contributed by atoms with E-state index >= 15 is 0 Å². The van der Waals surface area contributed by atoms with E-state index in [1.54, 1.807) is 7.11 Å². The van der Waals surface area contributed by atoms with Gasteiger partial charge in [0.05, 0.1) is 4.92 Å². The number of ether oxygens (including phenoxy) is 1. The molecule has 1 fully saturated rings. The molecule has 8 nitrogen and oxygen atoms in total. The minimum atomic E-state index is -0.408. The van der Waals surface area contributed by atoms with Crippen molar-refractivity contribution in [3.8, 4) is 0 Å². The molecule has 0 bridgehead atoms. The standard InChI is InChI=1S/C13H21N5O3/c1-3-14-12-11(18(19)20)13(16-9-15-12)17-6-4-10(5-7-17)8-21-2/h9-10H,3-8H2,1-2H3,(H,14,15,16). The van der Waals surface area contributed by atoms with Gasteiger partial charge in [-0.05, 0) is 25.7 Å². The largest absolute Gasteiger partial charge is 0.384 e. The van der Waals surface area contributed by atoms with E-state index in [4.69, 9.17) is 4.74 Å². The Labute approximate surface area is 123 Å². The molecule has 0 atom stereocenters. The van der Waals surface area contributed by atoms with E-state index in [9.17, 15) is 10.1 Å². The van der Waals surface area contributed by atoms with Gasteiger partial charge in [-0.1, -0.05) is 0 Å². The molecule has 2 heterocycles. The lowest BCUT2D eigenvalue weighted by atomic mass is 9.98. The molecule has 1 N–H and O–H groups in total. The van der Waals surface area contributed by atoms with Crippen LogP contribution in [0.1, 0.15) is 19.8 Å². The summed E-state index contributed by atoms with van der Waals surface area (Å²) in [6, 6.07) is 0. The third-order valence-corrected chi connectivity index (χ3v) is 3.65. The Bertz CT molecular complexity index is 489. The van der Waals surface area contributed by atoms with E-state index in [0.29, 0.717) is 18.3 Å². The van der Waals surface area contributed by atoms with E-state index in [2.05, 4.69) is 15.3 Å². The summed E-state index contributed by atoms with van der Waals surface area (Å²) >= 11 is 0. The van der Waals surface area contributed by atoms with E-state index in [0.717, 1.165) is 32.5 Å². The van der Waals surface area contributed by atoms with Crippen LogP contribution in [0.15, 0.2) is 6.33 Å². The zero-order chi connectivity index (χ0) is 15.2. The predicted molar refractivity (Wildman–Crippen MR) is 79.7 cm³/mol. The van der Waals surface area contributed by atoms with Gasteiger partial charge in [0.1, 0.15) is 6.33 Å². The van der Waals surface area contributed by atoms with Crippen molar-refractivity contribution < 1.29 is 9.66 Å². The number of aromatic nitrogens is 2. The molecule has 0 saturated carbocycles. The minimum absolute atomic E-state index is 0.0375. The van der Waals surface area contributed by atoms with E-state index in [1.807, 2.05) is 11.8 Å². The van der Waals surface area contributed by atoms with E-state index in [1.165, 1.54) is 6.33 Å². The predicted octanol–water partition coefficient (Wildman–Crippen LogP) is 1.68. The first-order chi connectivity index (χ1) is 10.2. The highest BCUT2D eigenvalue weighted by Crippen LogP contribution is 2.33. The van der Waals surface area contributed by atoms with Gasteiger partial charge in [0, 0.05) is 33.4 Å². The molecule has 1 aliphatic rings. The highest BCUT2D eigenvalue weighted by molar-refractivity contribution is 5.70. The number of nitrogens with one attached hydrogen (secondary N) is 1. The fourth-order valence-electron chi connectivity index (χ4n) is 2.61. The molecule has 0 aromatic carbocycles. The van der Waals surface area contributed by atoms with Crippen molar-refractivity contribution in [2.75, 3.05) is 43.6 Å². The normalized spacial score (nSPS) is 16.0. The third kappa shape index (κ3) is 3.57. The van der Waals surface area contributed by atoms with Crippen LogP contribution in [0.5, 0.6) is 0 Å². The van der Waals surface area contributed by atoms with E-state index < -0.39 is 4.92 Å². The molecule has 116 valence electrons. The second-order valence-corrected chi connectivity index (χ2v) is 5.07. The summed E-state index contributed by atoms with van der Waals surface area (Å²) in [5, 5.41) is 14.3. The molecular formula is C13H21N5O3. The third-order valence-electron chi connectivity index (χ3n) is 3.65. The maximum Gasteiger partial charge on any atom is 0.353 e. The second kappa shape index (κ2) is 7.16. The van der Waals surface area contributed by atoms with Crippen LogP contribution in [0.2, 0.25) is 0 Å². The number of nitrogens with zero attached hydrogens (tertiary/aromatic N) is 4. The van der Waals surface area contributed by atoms with Gasteiger partial charge in [-0.15, -0.1) is 0 Å². The van der Waals surface area contributed by atoms with Crippen molar-refractivity contribution in [1.82, 2.24) is 9.97 Å². The van der Waals surface area contributed by atoms with Crippen LogP contribution in [0.4, 0.5) is 17.3 Å². The molecule has 1 aromatic heterocycles. The number of nitro groups is 1. The highest BCUT2D eigenvalue weighted by atomic mass is 16.6. The number of rotatable bonds is 6. The topological polar surface area (TPSA) is 93.4 Å². The van der Waals surface area contributed by atoms with Crippen LogP contribution in [0, 0.1) is 16.0 Å². The van der Waals surface area contributed by atoms with Crippen LogP contribution in [0.25, 0.3) is 0 Å². The smallest absolute Gasteiger partial charge is 0.353 e. The Hall–Kier alpha value is -1.96. The van der Waals surface area contributed by atoms with Crippen molar-refractivity contribution >= 4 is 17.3 Å². The zero-order valence-corrected chi connectivity index (χ0v) is 12.4. The molecule has 1 aromatic rings. The van der Waals surface area contributed by atoms with Crippen molar-refractivity contribution in [3.05, 3.63) is 16.4 Å². The Kier molecular flexibility index (Phi) is 5.26. The number of hydrogen-bond acceptors (Lipinski definition) is 7. The van der Waals surface area contributed by atoms with Crippen molar-refractivity contribution in [1.29, 1.82) is 0 Å². The van der Waals surface area contributed by atoms with Crippen LogP contribution in [0.3, 0.4) is 0 Å². The lowest BCUT2D eigenvalue weighted by molar-refractivity contribution is -0.383. The molecule has 2 rings (SSSR count). The molecule has 0 aliphatic carbocycles. The summed E-state index contributed by atoms with van der Waals surface area (Å²) in [6.45, 7) is 4.69. The van der Waals surface area contributed by atoms with Crippen LogP contribution in [-0.2, 0) is 4.74 Å². The van der Waals surface area contributed by atoms with Gasteiger partial charge in [0.2, 0.25) is 11.6 Å². The van der Waals surface area contributed by atoms with Gasteiger partial charge in [0.15, 0.2) is 0 Å². The molecule has 0 spiro atoms. The van der Waals surface area contributed by atoms with E-state index in [-0.39, 0.29) is 11.5 Å². The molecule has 1 aliphatic heterocycles. The molecule has 0 radical (unpaired) electrons. The fraction of sp³-hybridized carbons (Fsp3) is 0.692. The lowest BCUT2D eigenvalue weighted by Gasteiger charge is -2.32. The summed E-state index contributed by atoms with van der Waals surface area (Å²) in [6.07, 6.45) is 3.28. The number of hydrogen-bond donors (Lipinski definition) is 1. The summed E-state index contributed by atoms with van der Waals surface area (Å²) in [7, 11) is 1.70. The first kappa shape index (κ1) is 15.4. The quantitative estimate of drug-likeness (QED) is 0.630. The minimum Gasteiger partial charge on any atom is -0.384 e. The van der Waals surface area contributed by atoms with Crippen LogP contribution < -0.4 is 10.2 Å². The molecule has 1 saturated heterocycles. The van der Waals surface area contributed by atoms with Gasteiger partial charge < -0.3 is 15.0 Å². The molecule has 8 heteroatoms. The number of anilines is 2. The van der Waals surface area contributed by atoms with Crippen LogP contribution in [-0.4, -0.2) is 48.2 Å². The maximum absolute atomic E-state index is 11.4.